The number of likely N-dealkylation sites (N-methyl/N-ethyl adjacent to an activating group) is 1. The van der Waals surface area contributed by atoms with Crippen LogP contribution in [0.2, 0.25) is 0 Å². The second kappa shape index (κ2) is 4.63. The van der Waals surface area contributed by atoms with Crippen molar-refractivity contribution in [3.63, 3.8) is 0 Å². The highest BCUT2D eigenvalue weighted by atomic mass is 19.1. The van der Waals surface area contributed by atoms with Gasteiger partial charge < -0.3 is 15.7 Å². The fraction of sp³-hybridized carbons (Fsp3) is 0.538. The minimum Gasteiger partial charge on any atom is -0.386 e. The van der Waals surface area contributed by atoms with Gasteiger partial charge in [0.1, 0.15) is 5.82 Å². The Morgan fingerprint density at radius 2 is 2.00 bits per heavy atom. The average molecular weight is 238 g/mol. The quantitative estimate of drug-likeness (QED) is 0.814. The molecule has 1 atom stereocenters. The highest BCUT2D eigenvalue weighted by molar-refractivity contribution is 5.45. The van der Waals surface area contributed by atoms with E-state index in [-0.39, 0.29) is 12.4 Å². The standard InChI is InChI=1S/C13H19FN2O/c1-16(12-6-4-11(14)5-7-12)9-13(17,8-15)10-2-3-10/h4-7,10,17H,2-3,8-9,15H2,1H3. The van der Waals surface area contributed by atoms with Crippen molar-refractivity contribution in [1.29, 1.82) is 0 Å². The van der Waals surface area contributed by atoms with Crippen LogP contribution < -0.4 is 10.6 Å². The van der Waals surface area contributed by atoms with Crippen LogP contribution in [-0.2, 0) is 0 Å². The van der Waals surface area contributed by atoms with E-state index in [4.69, 9.17) is 5.73 Å². The lowest BCUT2D eigenvalue weighted by Crippen LogP contribution is -2.49. The summed E-state index contributed by atoms with van der Waals surface area (Å²) in [6.07, 6.45) is 2.09. The lowest BCUT2D eigenvalue weighted by Gasteiger charge is -2.32. The number of halogens is 1. The lowest BCUT2D eigenvalue weighted by molar-refractivity contribution is 0.0344. The highest BCUT2D eigenvalue weighted by Gasteiger charge is 2.43. The van der Waals surface area contributed by atoms with Gasteiger partial charge in [-0.1, -0.05) is 0 Å². The molecule has 1 aliphatic rings. The zero-order chi connectivity index (χ0) is 12.5. The fourth-order valence-corrected chi connectivity index (χ4v) is 2.18. The number of nitrogens with zero attached hydrogens (tertiary/aromatic N) is 1. The maximum Gasteiger partial charge on any atom is 0.123 e. The summed E-state index contributed by atoms with van der Waals surface area (Å²) in [7, 11) is 1.89. The van der Waals surface area contributed by atoms with Crippen LogP contribution in [0.15, 0.2) is 24.3 Å². The SMILES string of the molecule is CN(CC(O)(CN)C1CC1)c1ccc(F)cc1. The highest BCUT2D eigenvalue weighted by Crippen LogP contribution is 2.39. The Morgan fingerprint density at radius 3 is 2.47 bits per heavy atom. The Hall–Kier alpha value is -1.13. The maximum atomic E-state index is 12.8. The zero-order valence-corrected chi connectivity index (χ0v) is 10.1. The lowest BCUT2D eigenvalue weighted by atomic mass is 9.97. The van der Waals surface area contributed by atoms with Gasteiger partial charge in [0, 0.05) is 25.8 Å². The summed E-state index contributed by atoms with van der Waals surface area (Å²) >= 11 is 0. The van der Waals surface area contributed by atoms with Crippen molar-refractivity contribution in [2.45, 2.75) is 18.4 Å². The van der Waals surface area contributed by atoms with Crippen LogP contribution in [0.1, 0.15) is 12.8 Å². The number of aliphatic hydroxyl groups is 1. The van der Waals surface area contributed by atoms with E-state index in [1.165, 1.54) is 12.1 Å². The van der Waals surface area contributed by atoms with E-state index in [0.717, 1.165) is 18.5 Å². The number of hydrogen-bond donors (Lipinski definition) is 2. The molecule has 0 aromatic heterocycles. The van der Waals surface area contributed by atoms with E-state index in [1.54, 1.807) is 12.1 Å². The Kier molecular flexibility index (Phi) is 3.35. The van der Waals surface area contributed by atoms with Crippen LogP contribution in [0.4, 0.5) is 10.1 Å². The van der Waals surface area contributed by atoms with E-state index in [0.29, 0.717) is 12.5 Å². The molecule has 1 saturated carbocycles. The summed E-state index contributed by atoms with van der Waals surface area (Å²) in [5.41, 5.74) is 5.73. The molecule has 17 heavy (non-hydrogen) atoms. The number of anilines is 1. The van der Waals surface area contributed by atoms with E-state index >= 15 is 0 Å². The molecule has 0 aliphatic heterocycles. The minimum atomic E-state index is -0.816. The third-order valence-electron chi connectivity index (χ3n) is 3.47. The Bertz CT molecular complexity index is 378. The predicted molar refractivity (Wildman–Crippen MR) is 66.4 cm³/mol. The first-order chi connectivity index (χ1) is 8.05. The van der Waals surface area contributed by atoms with Gasteiger partial charge in [-0.2, -0.15) is 0 Å². The zero-order valence-electron chi connectivity index (χ0n) is 10.1. The van der Waals surface area contributed by atoms with Gasteiger partial charge in [0.25, 0.3) is 0 Å². The molecule has 1 aromatic carbocycles. The van der Waals surface area contributed by atoms with E-state index < -0.39 is 5.60 Å². The van der Waals surface area contributed by atoms with Gasteiger partial charge in [0.05, 0.1) is 5.60 Å². The van der Waals surface area contributed by atoms with Crippen molar-refractivity contribution in [2.75, 3.05) is 25.0 Å². The van der Waals surface area contributed by atoms with Crippen LogP contribution in [0.3, 0.4) is 0 Å². The second-order valence-electron chi connectivity index (χ2n) is 4.91. The van der Waals surface area contributed by atoms with Gasteiger partial charge in [-0.25, -0.2) is 4.39 Å². The molecule has 2 rings (SSSR count). The topological polar surface area (TPSA) is 49.5 Å². The van der Waals surface area contributed by atoms with Crippen LogP contribution in [0.25, 0.3) is 0 Å². The van der Waals surface area contributed by atoms with Crippen LogP contribution in [0, 0.1) is 11.7 Å². The third-order valence-corrected chi connectivity index (χ3v) is 3.47. The predicted octanol–water partition coefficient (Wildman–Crippen LogP) is 1.36. The number of hydrogen-bond acceptors (Lipinski definition) is 3. The summed E-state index contributed by atoms with van der Waals surface area (Å²) in [6.45, 7) is 0.753. The third kappa shape index (κ3) is 2.76. The van der Waals surface area contributed by atoms with Gasteiger partial charge in [0.15, 0.2) is 0 Å². The Labute approximate surface area is 101 Å². The molecule has 3 N–H and O–H groups in total. The molecule has 0 amide bonds. The molecule has 0 radical (unpaired) electrons. The first kappa shape index (κ1) is 12.3. The molecular formula is C13H19FN2O. The van der Waals surface area contributed by atoms with Gasteiger partial charge in [0.2, 0.25) is 0 Å². The molecule has 0 saturated heterocycles. The van der Waals surface area contributed by atoms with Gasteiger partial charge in [-0.15, -0.1) is 0 Å². The molecule has 1 unspecified atom stereocenters. The summed E-state index contributed by atoms with van der Waals surface area (Å²) in [5.74, 6) is 0.0637. The first-order valence-corrected chi connectivity index (χ1v) is 5.94. The average Bonchev–Trinajstić information content (AvgIpc) is 3.13. The minimum absolute atomic E-state index is 0.251. The molecular weight excluding hydrogens is 219 g/mol. The summed E-state index contributed by atoms with van der Waals surface area (Å²) in [6, 6.07) is 6.26. The fourth-order valence-electron chi connectivity index (χ4n) is 2.18. The molecule has 0 bridgehead atoms. The van der Waals surface area contributed by atoms with E-state index in [2.05, 4.69) is 0 Å². The van der Waals surface area contributed by atoms with E-state index in [9.17, 15) is 9.50 Å². The van der Waals surface area contributed by atoms with Crippen molar-refractivity contribution in [3.8, 4) is 0 Å². The molecule has 1 aromatic rings. The second-order valence-corrected chi connectivity index (χ2v) is 4.91. The van der Waals surface area contributed by atoms with Crippen molar-refractivity contribution in [2.24, 2.45) is 11.7 Å². The van der Waals surface area contributed by atoms with Crippen LogP contribution >= 0.6 is 0 Å². The molecule has 94 valence electrons. The number of rotatable bonds is 5. The summed E-state index contributed by atoms with van der Waals surface area (Å²) < 4.78 is 12.8. The monoisotopic (exact) mass is 238 g/mol. The molecule has 3 nitrogen and oxygen atoms in total. The van der Waals surface area contributed by atoms with Crippen LogP contribution in [0.5, 0.6) is 0 Å². The van der Waals surface area contributed by atoms with Gasteiger partial charge in [-0.3, -0.25) is 0 Å². The smallest absolute Gasteiger partial charge is 0.123 e. The van der Waals surface area contributed by atoms with Crippen molar-refractivity contribution >= 4 is 5.69 Å². The molecule has 0 heterocycles. The normalized spacial score (nSPS) is 18.8. The van der Waals surface area contributed by atoms with Crippen molar-refractivity contribution in [3.05, 3.63) is 30.1 Å². The molecule has 4 heteroatoms. The van der Waals surface area contributed by atoms with Crippen molar-refractivity contribution < 1.29 is 9.50 Å². The van der Waals surface area contributed by atoms with Crippen molar-refractivity contribution in [1.82, 2.24) is 0 Å². The summed E-state index contributed by atoms with van der Waals surface area (Å²) in [4.78, 5) is 1.92. The molecule has 1 aliphatic carbocycles. The largest absolute Gasteiger partial charge is 0.386 e. The Morgan fingerprint density at radius 1 is 1.41 bits per heavy atom. The summed E-state index contributed by atoms with van der Waals surface area (Å²) in [5, 5.41) is 10.4. The first-order valence-electron chi connectivity index (χ1n) is 5.94. The maximum absolute atomic E-state index is 12.8. The molecule has 0 spiro atoms. The number of nitrogens with two attached hydrogens (primary N) is 1. The molecule has 1 fully saturated rings. The van der Waals surface area contributed by atoms with Gasteiger partial charge >= 0.3 is 0 Å². The Balaban J connectivity index is 2.04. The van der Waals surface area contributed by atoms with Crippen LogP contribution in [-0.4, -0.2) is 30.8 Å². The van der Waals surface area contributed by atoms with E-state index in [1.807, 2.05) is 11.9 Å². The number of benzene rings is 1. The van der Waals surface area contributed by atoms with Gasteiger partial charge in [-0.05, 0) is 43.0 Å².